The van der Waals surface area contributed by atoms with E-state index in [1.165, 1.54) is 12.1 Å². The van der Waals surface area contributed by atoms with E-state index in [1.807, 2.05) is 13.8 Å². The lowest BCUT2D eigenvalue weighted by Crippen LogP contribution is -2.26. The summed E-state index contributed by atoms with van der Waals surface area (Å²) >= 11 is 0. The van der Waals surface area contributed by atoms with Crippen molar-refractivity contribution in [2.75, 3.05) is 6.54 Å². The van der Waals surface area contributed by atoms with E-state index in [-0.39, 0.29) is 4.90 Å². The monoisotopic (exact) mass is 259 g/mol. The summed E-state index contributed by atoms with van der Waals surface area (Å²) in [5.74, 6) is 0.00986. The Labute approximate surface area is 102 Å². The van der Waals surface area contributed by atoms with Crippen LogP contribution in [0.3, 0.4) is 0 Å². The molecule has 5 heteroatoms. The minimum absolute atomic E-state index is 0.141. The largest absolute Gasteiger partial charge is 0.240 e. The molecular weight excluding hydrogens is 241 g/mol. The van der Waals surface area contributed by atoms with Gasteiger partial charge in [-0.25, -0.2) is 17.5 Å². The Morgan fingerprint density at radius 2 is 2.00 bits per heavy atom. The topological polar surface area (TPSA) is 46.2 Å². The average Bonchev–Trinajstić information content (AvgIpc) is 2.15. The standard InChI is InChI=1S/C12H18FNO2S/c1-9(2)6-7-14-17(15,16)12-5-4-11(13)8-10(12)3/h4-5,8-9,14H,6-7H2,1-3H3. The van der Waals surface area contributed by atoms with Gasteiger partial charge < -0.3 is 0 Å². The Balaban J connectivity index is 2.83. The number of benzene rings is 1. The summed E-state index contributed by atoms with van der Waals surface area (Å²) in [5, 5.41) is 0. The van der Waals surface area contributed by atoms with Gasteiger partial charge in [0.05, 0.1) is 4.90 Å². The first-order chi connectivity index (χ1) is 7.83. The molecule has 3 nitrogen and oxygen atoms in total. The molecule has 0 aliphatic carbocycles. The van der Waals surface area contributed by atoms with E-state index in [4.69, 9.17) is 0 Å². The highest BCUT2D eigenvalue weighted by Gasteiger charge is 2.16. The Morgan fingerprint density at radius 3 is 2.53 bits per heavy atom. The van der Waals surface area contributed by atoms with E-state index >= 15 is 0 Å². The van der Waals surface area contributed by atoms with Crippen LogP contribution in [-0.2, 0) is 10.0 Å². The van der Waals surface area contributed by atoms with Gasteiger partial charge in [0.2, 0.25) is 10.0 Å². The van der Waals surface area contributed by atoms with Crippen LogP contribution in [0, 0.1) is 18.7 Å². The first-order valence-electron chi connectivity index (χ1n) is 5.59. The van der Waals surface area contributed by atoms with Crippen molar-refractivity contribution >= 4 is 10.0 Å². The summed E-state index contributed by atoms with van der Waals surface area (Å²) in [6.45, 7) is 6.03. The minimum Gasteiger partial charge on any atom is -0.211 e. The second-order valence-electron chi connectivity index (χ2n) is 4.49. The molecule has 0 bridgehead atoms. The van der Waals surface area contributed by atoms with Gasteiger partial charge in [-0.15, -0.1) is 0 Å². The van der Waals surface area contributed by atoms with Crippen molar-refractivity contribution in [1.29, 1.82) is 0 Å². The van der Waals surface area contributed by atoms with Gasteiger partial charge in [0.15, 0.2) is 0 Å². The molecule has 17 heavy (non-hydrogen) atoms. The van der Waals surface area contributed by atoms with E-state index in [0.29, 0.717) is 18.0 Å². The number of halogens is 1. The second kappa shape index (κ2) is 5.60. The lowest BCUT2D eigenvalue weighted by Gasteiger charge is -2.10. The van der Waals surface area contributed by atoms with Gasteiger partial charge in [0, 0.05) is 6.54 Å². The smallest absolute Gasteiger partial charge is 0.211 e. The third-order valence-electron chi connectivity index (χ3n) is 2.44. The Bertz CT molecular complexity index is 483. The highest BCUT2D eigenvalue weighted by atomic mass is 32.2. The van der Waals surface area contributed by atoms with Gasteiger partial charge in [0.25, 0.3) is 0 Å². The molecule has 0 spiro atoms. The van der Waals surface area contributed by atoms with Gasteiger partial charge in [-0.1, -0.05) is 13.8 Å². The molecule has 96 valence electrons. The van der Waals surface area contributed by atoms with Crippen molar-refractivity contribution in [1.82, 2.24) is 4.72 Å². The molecule has 0 aromatic heterocycles. The number of hydrogen-bond acceptors (Lipinski definition) is 2. The molecule has 0 radical (unpaired) electrons. The number of rotatable bonds is 5. The molecule has 0 saturated heterocycles. The molecule has 0 heterocycles. The molecule has 1 N–H and O–H groups in total. The normalized spacial score (nSPS) is 12.1. The predicted octanol–water partition coefficient (Wildman–Crippen LogP) is 2.46. The highest BCUT2D eigenvalue weighted by Crippen LogP contribution is 2.15. The van der Waals surface area contributed by atoms with Gasteiger partial charge in [0.1, 0.15) is 5.82 Å². The molecule has 1 aromatic carbocycles. The Kier molecular flexibility index (Phi) is 4.65. The first-order valence-corrected chi connectivity index (χ1v) is 7.07. The summed E-state index contributed by atoms with van der Waals surface area (Å²) in [4.78, 5) is 0.141. The molecule has 0 fully saturated rings. The zero-order valence-electron chi connectivity index (χ0n) is 10.3. The van der Waals surface area contributed by atoms with Crippen molar-refractivity contribution in [2.45, 2.75) is 32.1 Å². The molecule has 0 atom stereocenters. The molecule has 1 aromatic rings. The maximum absolute atomic E-state index is 12.9. The number of aryl methyl sites for hydroxylation is 1. The van der Waals surface area contributed by atoms with Crippen LogP contribution >= 0.6 is 0 Å². The summed E-state index contributed by atoms with van der Waals surface area (Å²) in [7, 11) is -3.52. The van der Waals surface area contributed by atoms with Crippen LogP contribution in [0.25, 0.3) is 0 Å². The van der Waals surface area contributed by atoms with E-state index in [9.17, 15) is 12.8 Å². The highest BCUT2D eigenvalue weighted by molar-refractivity contribution is 7.89. The van der Waals surface area contributed by atoms with Crippen LogP contribution in [0.4, 0.5) is 4.39 Å². The van der Waals surface area contributed by atoms with E-state index in [2.05, 4.69) is 4.72 Å². The Morgan fingerprint density at radius 1 is 1.35 bits per heavy atom. The summed E-state index contributed by atoms with van der Waals surface area (Å²) < 4.78 is 39.2. The lowest BCUT2D eigenvalue weighted by molar-refractivity contribution is 0.551. The van der Waals surface area contributed by atoms with Gasteiger partial charge in [-0.05, 0) is 43.0 Å². The van der Waals surface area contributed by atoms with Gasteiger partial charge in [-0.2, -0.15) is 0 Å². The average molecular weight is 259 g/mol. The van der Waals surface area contributed by atoms with Crippen LogP contribution in [0.2, 0.25) is 0 Å². The van der Waals surface area contributed by atoms with Crippen molar-refractivity contribution in [2.24, 2.45) is 5.92 Å². The number of sulfonamides is 1. The third kappa shape index (κ3) is 4.09. The van der Waals surface area contributed by atoms with Gasteiger partial charge >= 0.3 is 0 Å². The molecule has 0 unspecified atom stereocenters. The van der Waals surface area contributed by atoms with E-state index in [0.717, 1.165) is 12.5 Å². The van der Waals surface area contributed by atoms with Crippen LogP contribution < -0.4 is 4.72 Å². The van der Waals surface area contributed by atoms with Crippen LogP contribution in [0.15, 0.2) is 23.1 Å². The van der Waals surface area contributed by atoms with Crippen LogP contribution in [0.1, 0.15) is 25.8 Å². The minimum atomic E-state index is -3.52. The predicted molar refractivity (Wildman–Crippen MR) is 65.8 cm³/mol. The SMILES string of the molecule is Cc1cc(F)ccc1S(=O)(=O)NCCC(C)C. The fourth-order valence-corrected chi connectivity index (χ4v) is 2.75. The van der Waals surface area contributed by atoms with Crippen molar-refractivity contribution in [3.05, 3.63) is 29.6 Å². The number of hydrogen-bond donors (Lipinski definition) is 1. The number of nitrogens with one attached hydrogen (secondary N) is 1. The molecule has 0 aliphatic rings. The summed E-state index contributed by atoms with van der Waals surface area (Å²) in [6, 6.07) is 3.67. The summed E-state index contributed by atoms with van der Waals surface area (Å²) in [5.41, 5.74) is 0.419. The summed E-state index contributed by atoms with van der Waals surface area (Å²) in [6.07, 6.45) is 0.777. The first kappa shape index (κ1) is 14.1. The van der Waals surface area contributed by atoms with Crippen molar-refractivity contribution in [3.8, 4) is 0 Å². The zero-order valence-corrected chi connectivity index (χ0v) is 11.1. The van der Waals surface area contributed by atoms with Crippen molar-refractivity contribution in [3.63, 3.8) is 0 Å². The molecule has 0 saturated carbocycles. The van der Waals surface area contributed by atoms with E-state index < -0.39 is 15.8 Å². The van der Waals surface area contributed by atoms with E-state index in [1.54, 1.807) is 6.92 Å². The molecule has 0 amide bonds. The maximum atomic E-state index is 12.9. The third-order valence-corrected chi connectivity index (χ3v) is 4.06. The fourth-order valence-electron chi connectivity index (χ4n) is 1.47. The Hall–Kier alpha value is -0.940. The maximum Gasteiger partial charge on any atom is 0.240 e. The molecular formula is C12H18FNO2S. The lowest BCUT2D eigenvalue weighted by atomic mass is 10.1. The molecule has 1 rings (SSSR count). The van der Waals surface area contributed by atoms with Crippen LogP contribution in [-0.4, -0.2) is 15.0 Å². The van der Waals surface area contributed by atoms with Crippen molar-refractivity contribution < 1.29 is 12.8 Å². The van der Waals surface area contributed by atoms with Crippen LogP contribution in [0.5, 0.6) is 0 Å². The quantitative estimate of drug-likeness (QED) is 0.883. The molecule has 0 aliphatic heterocycles. The second-order valence-corrected chi connectivity index (χ2v) is 6.23. The fraction of sp³-hybridized carbons (Fsp3) is 0.500. The van der Waals surface area contributed by atoms with Gasteiger partial charge in [-0.3, -0.25) is 0 Å². The zero-order chi connectivity index (χ0) is 13.1.